The first-order chi connectivity index (χ1) is 12.1. The number of ether oxygens (including phenoxy) is 1. The second kappa shape index (κ2) is 8.49. The summed E-state index contributed by atoms with van der Waals surface area (Å²) in [4.78, 5) is 21.7. The van der Waals surface area contributed by atoms with Gasteiger partial charge in [-0.2, -0.15) is 0 Å². The number of carbonyl (C=O) groups excluding carboxylic acids is 1. The van der Waals surface area contributed by atoms with Gasteiger partial charge in [-0.15, -0.1) is 11.3 Å². The molecule has 0 aliphatic carbocycles. The predicted octanol–water partition coefficient (Wildman–Crippen LogP) is 3.70. The van der Waals surface area contributed by atoms with Gasteiger partial charge in [0.05, 0.1) is 24.2 Å². The molecule has 1 amide bonds. The topological polar surface area (TPSA) is 58.8 Å². The van der Waals surface area contributed by atoms with Crippen LogP contribution in [0, 0.1) is 5.92 Å². The molecular weight excluding hydrogens is 338 g/mol. The first-order valence-corrected chi connectivity index (χ1v) is 9.62. The average molecular weight is 363 g/mol. The van der Waals surface area contributed by atoms with Gasteiger partial charge in [-0.05, 0) is 23.8 Å². The number of nitrogens with zero attached hydrogens (tertiary/aromatic N) is 3. The van der Waals surface area contributed by atoms with Gasteiger partial charge < -0.3 is 14.1 Å². The molecule has 3 rings (SSSR count). The number of carbonyl (C=O) groups is 1. The van der Waals surface area contributed by atoms with Crippen LogP contribution >= 0.6 is 11.3 Å². The van der Waals surface area contributed by atoms with Crippen LogP contribution < -0.4 is 0 Å². The van der Waals surface area contributed by atoms with E-state index in [1.807, 2.05) is 31.4 Å². The number of hydrogen-bond acceptors (Lipinski definition) is 6. The van der Waals surface area contributed by atoms with Crippen molar-refractivity contribution in [1.29, 1.82) is 0 Å². The maximum Gasteiger partial charge on any atom is 0.409 e. The highest BCUT2D eigenvalue weighted by Gasteiger charge is 2.21. The fraction of sp³-hybridized carbons (Fsp3) is 0.556. The van der Waals surface area contributed by atoms with Gasteiger partial charge in [0.1, 0.15) is 0 Å². The van der Waals surface area contributed by atoms with E-state index in [9.17, 15) is 4.79 Å². The molecule has 0 saturated carbocycles. The molecule has 0 N–H and O–H groups in total. The van der Waals surface area contributed by atoms with E-state index >= 15 is 0 Å². The molecule has 6 nitrogen and oxygen atoms in total. The Balaban J connectivity index is 1.51. The Labute approximate surface area is 152 Å². The van der Waals surface area contributed by atoms with Crippen LogP contribution in [0.1, 0.15) is 26.2 Å². The molecule has 0 spiro atoms. The molecule has 25 heavy (non-hydrogen) atoms. The largest absolute Gasteiger partial charge is 0.449 e. The van der Waals surface area contributed by atoms with E-state index in [2.05, 4.69) is 9.88 Å². The molecule has 1 saturated heterocycles. The zero-order valence-corrected chi connectivity index (χ0v) is 15.6. The third kappa shape index (κ3) is 5.06. The maximum absolute atomic E-state index is 12.1. The summed E-state index contributed by atoms with van der Waals surface area (Å²) in [5, 5.41) is 2.03. The normalized spacial score (nSPS) is 16.2. The van der Waals surface area contributed by atoms with Gasteiger partial charge in [0.2, 0.25) is 5.89 Å². The Morgan fingerprint density at radius 3 is 3.00 bits per heavy atom. The molecule has 3 heterocycles. The summed E-state index contributed by atoms with van der Waals surface area (Å²) in [5.74, 6) is 1.90. The van der Waals surface area contributed by atoms with Gasteiger partial charge in [0, 0.05) is 26.2 Å². The Hall–Kier alpha value is -1.86. The molecule has 0 aromatic carbocycles. The zero-order valence-electron chi connectivity index (χ0n) is 14.8. The van der Waals surface area contributed by atoms with E-state index in [-0.39, 0.29) is 6.09 Å². The summed E-state index contributed by atoms with van der Waals surface area (Å²) in [6, 6.07) is 4.03. The quantitative estimate of drug-likeness (QED) is 0.811. The molecule has 0 bridgehead atoms. The molecule has 0 radical (unpaired) electrons. The lowest BCUT2D eigenvalue weighted by molar-refractivity contribution is 0.0929. The minimum absolute atomic E-state index is 0.202. The van der Waals surface area contributed by atoms with Crippen molar-refractivity contribution in [2.75, 3.05) is 32.8 Å². The van der Waals surface area contributed by atoms with E-state index < -0.39 is 0 Å². The molecule has 136 valence electrons. The van der Waals surface area contributed by atoms with Crippen LogP contribution in [-0.2, 0) is 11.3 Å². The number of rotatable bonds is 5. The highest BCUT2D eigenvalue weighted by atomic mass is 32.1. The summed E-state index contributed by atoms with van der Waals surface area (Å²) in [5.41, 5.74) is 0. The van der Waals surface area contributed by atoms with E-state index in [1.165, 1.54) is 0 Å². The Morgan fingerprint density at radius 1 is 1.36 bits per heavy atom. The van der Waals surface area contributed by atoms with Crippen LogP contribution in [0.25, 0.3) is 10.6 Å². The van der Waals surface area contributed by atoms with Crippen LogP contribution in [0.2, 0.25) is 0 Å². The number of hydrogen-bond donors (Lipinski definition) is 0. The van der Waals surface area contributed by atoms with Crippen molar-refractivity contribution < 1.29 is 13.9 Å². The third-order valence-electron chi connectivity index (χ3n) is 4.06. The first kappa shape index (κ1) is 17.9. The number of thiophene rings is 1. The van der Waals surface area contributed by atoms with Crippen molar-refractivity contribution in [1.82, 2.24) is 14.8 Å². The predicted molar refractivity (Wildman–Crippen MR) is 97.5 cm³/mol. The van der Waals surface area contributed by atoms with Crippen molar-refractivity contribution in [3.8, 4) is 10.6 Å². The van der Waals surface area contributed by atoms with Crippen molar-refractivity contribution in [2.45, 2.75) is 26.8 Å². The summed E-state index contributed by atoms with van der Waals surface area (Å²) in [7, 11) is 0. The molecule has 2 aromatic rings. The smallest absolute Gasteiger partial charge is 0.409 e. The molecular formula is C18H25N3O3S. The molecule has 0 unspecified atom stereocenters. The molecule has 1 fully saturated rings. The van der Waals surface area contributed by atoms with Crippen LogP contribution in [0.3, 0.4) is 0 Å². The fourth-order valence-corrected chi connectivity index (χ4v) is 3.42. The van der Waals surface area contributed by atoms with E-state index in [4.69, 9.17) is 9.15 Å². The van der Waals surface area contributed by atoms with Crippen LogP contribution in [0.4, 0.5) is 4.79 Å². The van der Waals surface area contributed by atoms with Crippen molar-refractivity contribution in [3.05, 3.63) is 29.6 Å². The minimum atomic E-state index is -0.202. The number of amides is 1. The molecule has 1 aliphatic rings. The fourth-order valence-electron chi connectivity index (χ4n) is 2.75. The van der Waals surface area contributed by atoms with Gasteiger partial charge in [-0.25, -0.2) is 9.78 Å². The van der Waals surface area contributed by atoms with E-state index in [0.29, 0.717) is 25.6 Å². The molecule has 0 atom stereocenters. The Bertz CT molecular complexity index is 669. The molecule has 2 aromatic heterocycles. The molecule has 7 heteroatoms. The SMILES string of the molecule is CC(C)COC(=O)N1CCCN(Cc2ncc(-c3cccs3)o2)CC1. The standard InChI is InChI=1S/C18H25N3O3S/c1-14(2)13-23-18(22)21-7-4-6-20(8-9-21)12-17-19-11-15(24-17)16-5-3-10-25-16/h3,5,10-11,14H,4,6-9,12-13H2,1-2H3. The summed E-state index contributed by atoms with van der Waals surface area (Å²) >= 11 is 1.64. The minimum Gasteiger partial charge on any atom is -0.449 e. The Kier molecular flexibility index (Phi) is 6.09. The van der Waals surface area contributed by atoms with Crippen molar-refractivity contribution in [2.24, 2.45) is 5.92 Å². The zero-order chi connectivity index (χ0) is 17.6. The van der Waals surface area contributed by atoms with Gasteiger partial charge in [-0.3, -0.25) is 4.90 Å². The van der Waals surface area contributed by atoms with Gasteiger partial charge in [-0.1, -0.05) is 19.9 Å². The average Bonchev–Trinajstić information content (AvgIpc) is 3.21. The maximum atomic E-state index is 12.1. The lowest BCUT2D eigenvalue weighted by atomic mass is 10.2. The highest BCUT2D eigenvalue weighted by molar-refractivity contribution is 7.13. The highest BCUT2D eigenvalue weighted by Crippen LogP contribution is 2.25. The van der Waals surface area contributed by atoms with E-state index in [0.717, 1.165) is 42.6 Å². The summed E-state index contributed by atoms with van der Waals surface area (Å²) < 4.78 is 11.2. The van der Waals surface area contributed by atoms with E-state index in [1.54, 1.807) is 22.4 Å². The third-order valence-corrected chi connectivity index (χ3v) is 4.95. The van der Waals surface area contributed by atoms with Crippen LogP contribution in [-0.4, -0.2) is 53.7 Å². The van der Waals surface area contributed by atoms with Gasteiger partial charge in [0.25, 0.3) is 0 Å². The van der Waals surface area contributed by atoms with Crippen LogP contribution in [0.5, 0.6) is 0 Å². The van der Waals surface area contributed by atoms with Crippen molar-refractivity contribution >= 4 is 17.4 Å². The summed E-state index contributed by atoms with van der Waals surface area (Å²) in [6.45, 7) is 8.35. The Morgan fingerprint density at radius 2 is 2.24 bits per heavy atom. The monoisotopic (exact) mass is 363 g/mol. The van der Waals surface area contributed by atoms with Gasteiger partial charge in [0.15, 0.2) is 5.76 Å². The second-order valence-electron chi connectivity index (χ2n) is 6.68. The van der Waals surface area contributed by atoms with Crippen molar-refractivity contribution in [3.63, 3.8) is 0 Å². The lowest BCUT2D eigenvalue weighted by Gasteiger charge is -2.21. The van der Waals surface area contributed by atoms with Crippen LogP contribution in [0.15, 0.2) is 28.1 Å². The second-order valence-corrected chi connectivity index (χ2v) is 7.63. The first-order valence-electron chi connectivity index (χ1n) is 8.74. The molecule has 1 aliphatic heterocycles. The summed E-state index contributed by atoms with van der Waals surface area (Å²) in [6.07, 6.45) is 2.51. The number of oxazole rings is 1. The lowest BCUT2D eigenvalue weighted by Crippen LogP contribution is -2.36. The van der Waals surface area contributed by atoms with Gasteiger partial charge >= 0.3 is 6.09 Å². The number of aromatic nitrogens is 1.